The second-order valence-corrected chi connectivity index (χ2v) is 5.00. The number of hydrogen-bond donors (Lipinski definition) is 1. The van der Waals surface area contributed by atoms with E-state index in [0.29, 0.717) is 11.4 Å². The summed E-state index contributed by atoms with van der Waals surface area (Å²) in [6, 6.07) is 4.59. The molecule has 1 heterocycles. The second kappa shape index (κ2) is 2.97. The van der Waals surface area contributed by atoms with Gasteiger partial charge in [-0.3, -0.25) is 0 Å². The van der Waals surface area contributed by atoms with E-state index in [1.165, 1.54) is 25.0 Å². The van der Waals surface area contributed by atoms with Crippen molar-refractivity contribution in [1.29, 1.82) is 0 Å². The van der Waals surface area contributed by atoms with Crippen LogP contribution in [0, 0.1) is 11.2 Å². The van der Waals surface area contributed by atoms with Crippen molar-refractivity contribution in [1.82, 2.24) is 9.55 Å². The van der Waals surface area contributed by atoms with Gasteiger partial charge < -0.3 is 10.3 Å². The lowest BCUT2D eigenvalue weighted by molar-refractivity contribution is 0.476. The van der Waals surface area contributed by atoms with Crippen LogP contribution >= 0.6 is 0 Å². The van der Waals surface area contributed by atoms with Gasteiger partial charge in [0.1, 0.15) is 5.82 Å². The van der Waals surface area contributed by atoms with Crippen LogP contribution in [-0.4, -0.2) is 9.55 Å². The Hall–Kier alpha value is -1.58. The first kappa shape index (κ1) is 9.63. The molecular weight excluding hydrogens is 205 g/mol. The molecule has 1 saturated carbocycles. The summed E-state index contributed by atoms with van der Waals surface area (Å²) in [6.07, 6.45) is 2.42. The Balaban J connectivity index is 2.14. The molecule has 2 N–H and O–H groups in total. The summed E-state index contributed by atoms with van der Waals surface area (Å²) in [5.41, 5.74) is 7.76. The number of fused-ring (bicyclic) bond motifs is 1. The molecule has 1 aromatic carbocycles. The fraction of sp³-hybridized carbons (Fsp3) is 0.417. The minimum atomic E-state index is -0.241. The van der Waals surface area contributed by atoms with Gasteiger partial charge in [0.05, 0.1) is 11.0 Å². The van der Waals surface area contributed by atoms with Crippen LogP contribution in [0.2, 0.25) is 0 Å². The predicted molar refractivity (Wildman–Crippen MR) is 61.4 cm³/mol. The first-order valence-corrected chi connectivity index (χ1v) is 5.49. The van der Waals surface area contributed by atoms with Crippen molar-refractivity contribution < 1.29 is 4.39 Å². The maximum absolute atomic E-state index is 13.2. The quantitative estimate of drug-likeness (QED) is 0.843. The molecular formula is C12H14FN3. The Morgan fingerprint density at radius 3 is 2.94 bits per heavy atom. The van der Waals surface area contributed by atoms with Crippen molar-refractivity contribution in [3.8, 4) is 0 Å². The smallest absolute Gasteiger partial charge is 0.201 e. The average Bonchev–Trinajstić information content (AvgIpc) is 2.88. The molecule has 4 heteroatoms. The summed E-state index contributed by atoms with van der Waals surface area (Å²) in [5, 5.41) is 0. The van der Waals surface area contributed by atoms with Gasteiger partial charge in [-0.1, -0.05) is 6.92 Å². The van der Waals surface area contributed by atoms with Crippen LogP contribution in [0.3, 0.4) is 0 Å². The third kappa shape index (κ3) is 1.45. The zero-order valence-electron chi connectivity index (χ0n) is 9.20. The van der Waals surface area contributed by atoms with Crippen LogP contribution in [0.15, 0.2) is 18.2 Å². The fourth-order valence-corrected chi connectivity index (χ4v) is 2.03. The SMILES string of the molecule is CC1(Cn2c(N)nc3ccc(F)cc32)CC1. The summed E-state index contributed by atoms with van der Waals surface area (Å²) in [4.78, 5) is 4.24. The van der Waals surface area contributed by atoms with Gasteiger partial charge in [0.2, 0.25) is 5.95 Å². The van der Waals surface area contributed by atoms with E-state index < -0.39 is 0 Å². The maximum atomic E-state index is 13.2. The second-order valence-electron chi connectivity index (χ2n) is 5.00. The van der Waals surface area contributed by atoms with E-state index in [1.54, 1.807) is 6.07 Å². The van der Waals surface area contributed by atoms with Crippen molar-refractivity contribution in [2.75, 3.05) is 5.73 Å². The number of nitrogens with zero attached hydrogens (tertiary/aromatic N) is 2. The van der Waals surface area contributed by atoms with E-state index in [4.69, 9.17) is 5.73 Å². The zero-order valence-corrected chi connectivity index (χ0v) is 9.20. The van der Waals surface area contributed by atoms with E-state index >= 15 is 0 Å². The number of hydrogen-bond acceptors (Lipinski definition) is 2. The van der Waals surface area contributed by atoms with Gasteiger partial charge in [0.15, 0.2) is 0 Å². The van der Waals surface area contributed by atoms with Gasteiger partial charge in [-0.05, 0) is 36.5 Å². The largest absolute Gasteiger partial charge is 0.369 e. The van der Waals surface area contributed by atoms with Crippen molar-refractivity contribution in [2.45, 2.75) is 26.3 Å². The topological polar surface area (TPSA) is 43.8 Å². The average molecular weight is 219 g/mol. The third-order valence-electron chi connectivity index (χ3n) is 3.38. The zero-order chi connectivity index (χ0) is 11.3. The van der Waals surface area contributed by atoms with Gasteiger partial charge in [0.25, 0.3) is 0 Å². The van der Waals surface area contributed by atoms with Crippen LogP contribution in [0.1, 0.15) is 19.8 Å². The number of imidazole rings is 1. The van der Waals surface area contributed by atoms with Crippen LogP contribution in [0.5, 0.6) is 0 Å². The van der Waals surface area contributed by atoms with E-state index in [2.05, 4.69) is 11.9 Å². The lowest BCUT2D eigenvalue weighted by Crippen LogP contribution is -2.10. The standard InChI is InChI=1S/C12H14FN3/c1-12(4-5-12)7-16-10-6-8(13)2-3-9(10)15-11(16)14/h2-3,6H,4-5,7H2,1H3,(H2,14,15). The first-order chi connectivity index (χ1) is 7.57. The van der Waals surface area contributed by atoms with E-state index in [1.807, 2.05) is 4.57 Å². The molecule has 16 heavy (non-hydrogen) atoms. The molecule has 1 aromatic heterocycles. The Bertz CT molecular complexity index is 555. The molecule has 0 bridgehead atoms. The Kier molecular flexibility index (Phi) is 1.79. The lowest BCUT2D eigenvalue weighted by atomic mass is 10.1. The van der Waals surface area contributed by atoms with E-state index in [-0.39, 0.29) is 5.82 Å². The van der Waals surface area contributed by atoms with Crippen molar-refractivity contribution in [3.05, 3.63) is 24.0 Å². The van der Waals surface area contributed by atoms with E-state index in [9.17, 15) is 4.39 Å². The van der Waals surface area contributed by atoms with Gasteiger partial charge in [0, 0.05) is 6.54 Å². The molecule has 84 valence electrons. The van der Waals surface area contributed by atoms with Gasteiger partial charge >= 0.3 is 0 Å². The first-order valence-electron chi connectivity index (χ1n) is 5.49. The Morgan fingerprint density at radius 2 is 2.25 bits per heavy atom. The van der Waals surface area contributed by atoms with Crippen molar-refractivity contribution in [3.63, 3.8) is 0 Å². The normalized spacial score (nSPS) is 17.9. The molecule has 3 rings (SSSR count). The number of aromatic nitrogens is 2. The van der Waals surface area contributed by atoms with Crippen LogP contribution < -0.4 is 5.73 Å². The van der Waals surface area contributed by atoms with Crippen LogP contribution in [0.25, 0.3) is 11.0 Å². The van der Waals surface area contributed by atoms with Crippen LogP contribution in [0.4, 0.5) is 10.3 Å². The molecule has 3 nitrogen and oxygen atoms in total. The monoisotopic (exact) mass is 219 g/mol. The summed E-state index contributed by atoms with van der Waals surface area (Å²) < 4.78 is 15.1. The molecule has 0 amide bonds. The number of nitrogen functional groups attached to an aromatic ring is 1. The van der Waals surface area contributed by atoms with Crippen LogP contribution in [-0.2, 0) is 6.54 Å². The number of anilines is 1. The lowest BCUT2D eigenvalue weighted by Gasteiger charge is -2.11. The van der Waals surface area contributed by atoms with E-state index in [0.717, 1.165) is 17.6 Å². The summed E-state index contributed by atoms with van der Waals surface area (Å²) in [7, 11) is 0. The number of halogens is 1. The predicted octanol–water partition coefficient (Wildman–Crippen LogP) is 2.56. The van der Waals surface area contributed by atoms with Gasteiger partial charge in [-0.2, -0.15) is 0 Å². The molecule has 0 saturated heterocycles. The van der Waals surface area contributed by atoms with Gasteiger partial charge in [-0.25, -0.2) is 9.37 Å². The van der Waals surface area contributed by atoms with Crippen molar-refractivity contribution >= 4 is 17.0 Å². The summed E-state index contributed by atoms with van der Waals surface area (Å²) in [6.45, 7) is 3.05. The number of benzene rings is 1. The maximum Gasteiger partial charge on any atom is 0.201 e. The molecule has 0 aliphatic heterocycles. The molecule has 2 aromatic rings. The summed E-state index contributed by atoms with van der Waals surface area (Å²) in [5.74, 6) is 0.239. The molecule has 1 fully saturated rings. The molecule has 1 aliphatic carbocycles. The Morgan fingerprint density at radius 1 is 1.50 bits per heavy atom. The van der Waals surface area contributed by atoms with Crippen molar-refractivity contribution in [2.24, 2.45) is 5.41 Å². The highest BCUT2D eigenvalue weighted by Crippen LogP contribution is 2.47. The molecule has 0 spiro atoms. The highest BCUT2D eigenvalue weighted by molar-refractivity contribution is 5.78. The minimum Gasteiger partial charge on any atom is -0.369 e. The number of rotatable bonds is 2. The molecule has 1 aliphatic rings. The highest BCUT2D eigenvalue weighted by Gasteiger charge is 2.38. The minimum absolute atomic E-state index is 0.241. The third-order valence-corrected chi connectivity index (χ3v) is 3.38. The highest BCUT2D eigenvalue weighted by atomic mass is 19.1. The molecule has 0 unspecified atom stereocenters. The molecule has 0 atom stereocenters. The molecule has 0 radical (unpaired) electrons. The van der Waals surface area contributed by atoms with Gasteiger partial charge in [-0.15, -0.1) is 0 Å². The summed E-state index contributed by atoms with van der Waals surface area (Å²) >= 11 is 0. The number of nitrogens with two attached hydrogens (primary N) is 1. The Labute approximate surface area is 93.1 Å². The fourth-order valence-electron chi connectivity index (χ4n) is 2.03.